The van der Waals surface area contributed by atoms with Gasteiger partial charge in [0.05, 0.1) is 27.8 Å². The van der Waals surface area contributed by atoms with Crippen molar-refractivity contribution in [2.45, 2.75) is 27.9 Å². The number of para-hydroxylation sites is 1. The lowest BCUT2D eigenvalue weighted by atomic mass is 9.65. The first kappa shape index (κ1) is 31.5. The van der Waals surface area contributed by atoms with Gasteiger partial charge in [-0.15, -0.1) is 32.5 Å². The normalized spacial score (nSPS) is 18.3. The van der Waals surface area contributed by atoms with E-state index in [2.05, 4.69) is 190 Å². The Labute approximate surface area is 324 Å². The van der Waals surface area contributed by atoms with E-state index in [9.17, 15) is 0 Å². The number of hydrogen-bond donors (Lipinski definition) is 0. The minimum Gasteiger partial charge on any atom is -0.309 e. The van der Waals surface area contributed by atoms with E-state index in [0.29, 0.717) is 11.2 Å². The Morgan fingerprint density at radius 3 is 2.08 bits per heavy atom. The molecule has 4 heteroatoms. The number of hydrogen-bond acceptors (Lipinski definition) is 2. The van der Waals surface area contributed by atoms with Crippen molar-refractivity contribution in [2.24, 2.45) is 4.99 Å². The molecule has 3 aliphatic rings. The van der Waals surface area contributed by atoms with E-state index in [0.717, 1.165) is 17.0 Å². The Hall–Kier alpha value is -5.04. The van der Waals surface area contributed by atoms with Gasteiger partial charge in [-0.2, -0.15) is 0 Å². The molecule has 2 nitrogen and oxygen atoms in total. The standard InChI is InChI=1S/C49H35IN2S/c1-4-13-33(14-5-1)48-49(34-15-6-2-7-16-34,35-17-8-3-9-18-35)42-30-45-41(29-43(42)51-48)38-19-10-11-22-44(38)52(45)36-25-23-32(24-26-36)37-20-12-21-40-39-27-28-50-31-46(39)53-47(37)40/h1-26,29-31,39,46H,27-28H2. The highest BCUT2D eigenvalue weighted by atomic mass is 127. The van der Waals surface area contributed by atoms with Gasteiger partial charge in [0, 0.05) is 38.1 Å². The molecule has 53 heavy (non-hydrogen) atoms. The lowest BCUT2D eigenvalue weighted by molar-refractivity contribution is 0.726. The Morgan fingerprint density at radius 1 is 0.623 bits per heavy atom. The number of halogens is 1. The van der Waals surface area contributed by atoms with E-state index in [4.69, 9.17) is 4.99 Å². The molecule has 11 rings (SSSR count). The van der Waals surface area contributed by atoms with E-state index >= 15 is 0 Å². The fourth-order valence-corrected chi connectivity index (χ4v) is 13.9. The van der Waals surface area contributed by atoms with E-state index in [1.807, 2.05) is 0 Å². The molecule has 0 spiro atoms. The predicted octanol–water partition coefficient (Wildman–Crippen LogP) is 12.7. The summed E-state index contributed by atoms with van der Waals surface area (Å²) < 4.78 is 6.55. The first-order chi connectivity index (χ1) is 26.3. The highest BCUT2D eigenvalue weighted by molar-refractivity contribution is 14.2. The molecule has 0 saturated heterocycles. The molecular formula is C49H35IN2S. The van der Waals surface area contributed by atoms with Crippen LogP contribution in [0, 0.1) is 0 Å². The predicted molar refractivity (Wildman–Crippen MR) is 234 cm³/mol. The van der Waals surface area contributed by atoms with Crippen molar-refractivity contribution in [1.82, 2.24) is 4.57 Å². The second kappa shape index (κ2) is 12.5. The van der Waals surface area contributed by atoms with Crippen LogP contribution < -0.4 is 0 Å². The summed E-state index contributed by atoms with van der Waals surface area (Å²) >= 11 is 2.36. The van der Waals surface area contributed by atoms with Gasteiger partial charge in [-0.3, -0.25) is 4.99 Å². The molecule has 8 aromatic rings. The molecule has 2 unspecified atom stereocenters. The van der Waals surface area contributed by atoms with Gasteiger partial charge in [0.1, 0.15) is 0 Å². The Balaban J connectivity index is 1.13. The van der Waals surface area contributed by atoms with Gasteiger partial charge in [-0.05, 0) is 78.6 Å². The highest BCUT2D eigenvalue weighted by Crippen LogP contribution is 2.54. The number of thioether (sulfide) groups is 1. The minimum absolute atomic E-state index is 0.250. The number of nitrogens with zero attached hydrogens (tertiary/aromatic N) is 2. The average molecular weight is 811 g/mol. The summed E-state index contributed by atoms with van der Waals surface area (Å²) in [5, 5.41) is 3.12. The van der Waals surface area contributed by atoms with Gasteiger partial charge in [0.2, 0.25) is 0 Å². The second-order valence-electron chi connectivity index (χ2n) is 14.3. The smallest absolute Gasteiger partial charge is 0.0901 e. The number of benzene rings is 7. The summed E-state index contributed by atoms with van der Waals surface area (Å²) in [6, 6.07) is 62.6. The van der Waals surface area contributed by atoms with Gasteiger partial charge < -0.3 is 4.57 Å². The first-order valence-corrected chi connectivity index (χ1v) is 22.1. The zero-order valence-corrected chi connectivity index (χ0v) is 32.0. The van der Waals surface area contributed by atoms with E-state index in [-0.39, 0.29) is 20.7 Å². The van der Waals surface area contributed by atoms with Crippen molar-refractivity contribution in [1.29, 1.82) is 0 Å². The largest absolute Gasteiger partial charge is 0.309 e. The highest BCUT2D eigenvalue weighted by Gasteiger charge is 2.47. The van der Waals surface area contributed by atoms with Crippen molar-refractivity contribution < 1.29 is 0 Å². The molecule has 254 valence electrons. The number of aromatic nitrogens is 1. The molecule has 0 saturated carbocycles. The topological polar surface area (TPSA) is 17.3 Å². The number of aliphatic imine (C=N–C) groups is 1. The van der Waals surface area contributed by atoms with Crippen LogP contribution >= 0.6 is 32.5 Å². The Bertz CT molecular complexity index is 2710. The number of alkyl halides is 1. The molecule has 3 aliphatic heterocycles. The third-order valence-electron chi connectivity index (χ3n) is 11.5. The van der Waals surface area contributed by atoms with Gasteiger partial charge in [-0.1, -0.05) is 140 Å². The molecule has 0 bridgehead atoms. The Kier molecular flexibility index (Phi) is 7.45. The van der Waals surface area contributed by atoms with Crippen LogP contribution in [0.1, 0.15) is 40.2 Å². The van der Waals surface area contributed by atoms with Crippen molar-refractivity contribution in [3.63, 3.8) is 0 Å². The maximum absolute atomic E-state index is 5.57. The summed E-state index contributed by atoms with van der Waals surface area (Å²) in [7, 11) is 0. The van der Waals surface area contributed by atoms with Gasteiger partial charge >= 0.3 is 0 Å². The van der Waals surface area contributed by atoms with Crippen LogP contribution in [-0.4, -0.2) is 24.0 Å². The summed E-state index contributed by atoms with van der Waals surface area (Å²) in [6.07, 6.45) is 1.35. The van der Waals surface area contributed by atoms with Gasteiger partial charge in [-0.25, -0.2) is 0 Å². The van der Waals surface area contributed by atoms with Crippen LogP contribution in [0.15, 0.2) is 180 Å². The van der Waals surface area contributed by atoms with Crippen LogP contribution in [0.4, 0.5) is 5.69 Å². The SMILES string of the molecule is C1=ICCC2c3cccc(-c4ccc(-n5c6ccccc6c6cc7c(cc65)C(c5ccccc5)(c5ccccc5)C(c5ccccc5)=N7)cc4)c3SC12. The van der Waals surface area contributed by atoms with Gasteiger partial charge in [0.25, 0.3) is 0 Å². The molecule has 0 radical (unpaired) electrons. The molecule has 0 N–H and O–H groups in total. The minimum atomic E-state index is -0.597. The lowest BCUT2D eigenvalue weighted by Crippen LogP contribution is -2.36. The van der Waals surface area contributed by atoms with E-state index in [1.165, 1.54) is 71.1 Å². The molecule has 1 aromatic heterocycles. The van der Waals surface area contributed by atoms with Crippen LogP contribution in [0.3, 0.4) is 0 Å². The Morgan fingerprint density at radius 2 is 1.32 bits per heavy atom. The van der Waals surface area contributed by atoms with Crippen LogP contribution in [0.2, 0.25) is 0 Å². The monoisotopic (exact) mass is 810 g/mol. The van der Waals surface area contributed by atoms with Crippen LogP contribution in [0.25, 0.3) is 38.6 Å². The molecule has 0 aliphatic carbocycles. The van der Waals surface area contributed by atoms with Crippen LogP contribution in [-0.2, 0) is 5.41 Å². The maximum Gasteiger partial charge on any atom is 0.0901 e. The molecule has 0 fully saturated rings. The first-order valence-electron chi connectivity index (χ1n) is 18.4. The van der Waals surface area contributed by atoms with E-state index < -0.39 is 5.41 Å². The molecule has 7 aromatic carbocycles. The third kappa shape index (κ3) is 4.78. The van der Waals surface area contributed by atoms with Crippen molar-refractivity contribution in [2.75, 3.05) is 4.43 Å². The number of fused-ring (bicyclic) bond motifs is 7. The molecule has 2 atom stereocenters. The van der Waals surface area contributed by atoms with Crippen molar-refractivity contribution in [3.05, 3.63) is 198 Å². The summed E-state index contributed by atoms with van der Waals surface area (Å²) in [4.78, 5) is 7.07. The number of rotatable bonds is 5. The fraction of sp³-hybridized carbons (Fsp3) is 0.102. The fourth-order valence-electron chi connectivity index (χ4n) is 9.17. The summed E-state index contributed by atoms with van der Waals surface area (Å²) in [5.74, 6) is 0.687. The van der Waals surface area contributed by atoms with Crippen LogP contribution in [0.5, 0.6) is 0 Å². The lowest BCUT2D eigenvalue weighted by Gasteiger charge is -2.34. The zero-order valence-electron chi connectivity index (χ0n) is 29.0. The second-order valence-corrected chi connectivity index (χ2v) is 18.1. The zero-order chi connectivity index (χ0) is 34.9. The average Bonchev–Trinajstić information content (AvgIpc) is 3.89. The maximum atomic E-state index is 5.57. The quantitative estimate of drug-likeness (QED) is 0.125. The third-order valence-corrected chi connectivity index (χ3v) is 16.0. The summed E-state index contributed by atoms with van der Waals surface area (Å²) in [5.41, 5.74) is 14.1. The van der Waals surface area contributed by atoms with E-state index in [1.54, 1.807) is 5.56 Å². The molecule has 4 heterocycles. The summed E-state index contributed by atoms with van der Waals surface area (Å²) in [6.45, 7) is 0. The van der Waals surface area contributed by atoms with Gasteiger partial charge in [0.15, 0.2) is 0 Å². The van der Waals surface area contributed by atoms with Crippen molar-refractivity contribution in [3.8, 4) is 16.8 Å². The van der Waals surface area contributed by atoms with Crippen molar-refractivity contribution >= 4 is 69.7 Å². The molecule has 0 amide bonds. The molecular weight excluding hydrogens is 776 g/mol.